The van der Waals surface area contributed by atoms with Crippen LogP contribution in [0.15, 0.2) is 35.9 Å². The highest BCUT2D eigenvalue weighted by Gasteiger charge is 2.14. The van der Waals surface area contributed by atoms with Crippen LogP contribution in [0.5, 0.6) is 5.75 Å². The predicted octanol–water partition coefficient (Wildman–Crippen LogP) is 2.34. The minimum Gasteiger partial charge on any atom is -0.497 e. The maximum Gasteiger partial charge on any atom is 0.163 e. The van der Waals surface area contributed by atoms with E-state index in [-0.39, 0.29) is 5.78 Å². The highest BCUT2D eigenvalue weighted by molar-refractivity contribution is 6.02. The van der Waals surface area contributed by atoms with Crippen LogP contribution in [0.2, 0.25) is 0 Å². The second kappa shape index (κ2) is 4.67. The predicted molar refractivity (Wildman–Crippen MR) is 62.2 cm³/mol. The molecule has 1 aromatic rings. The Morgan fingerprint density at radius 1 is 1.31 bits per heavy atom. The van der Waals surface area contributed by atoms with E-state index in [1.54, 1.807) is 7.11 Å². The van der Waals surface area contributed by atoms with Crippen LogP contribution in [0.25, 0.3) is 0 Å². The summed E-state index contributed by atoms with van der Waals surface area (Å²) in [6.45, 7) is 0. The molecule has 0 amide bonds. The number of methoxy groups -OCH3 is 1. The lowest BCUT2D eigenvalue weighted by atomic mass is 9.94. The van der Waals surface area contributed by atoms with Crippen molar-refractivity contribution in [1.29, 1.82) is 0 Å². The van der Waals surface area contributed by atoms with Gasteiger partial charge in [0.15, 0.2) is 5.78 Å². The third-order valence-corrected chi connectivity index (χ3v) is 2.49. The zero-order chi connectivity index (χ0) is 11.4. The number of benzene rings is 1. The third-order valence-electron chi connectivity index (χ3n) is 2.49. The van der Waals surface area contributed by atoms with Crippen LogP contribution in [-0.2, 0) is 4.79 Å². The standard InChI is InChI=1S/C14H12O2/c1-16-13-8-5-11(6-9-13)3-2-4-12-7-10-14(12)15/h5-9H,4,10H2,1H3. The molecule has 0 radical (unpaired) electrons. The van der Waals surface area contributed by atoms with Crippen LogP contribution in [0, 0.1) is 11.8 Å². The number of ketones is 1. The monoisotopic (exact) mass is 212 g/mol. The molecule has 2 nitrogen and oxygen atoms in total. The van der Waals surface area contributed by atoms with E-state index in [0.29, 0.717) is 12.8 Å². The van der Waals surface area contributed by atoms with E-state index in [4.69, 9.17) is 4.74 Å². The summed E-state index contributed by atoms with van der Waals surface area (Å²) in [4.78, 5) is 11.0. The highest BCUT2D eigenvalue weighted by Crippen LogP contribution is 2.16. The van der Waals surface area contributed by atoms with Gasteiger partial charge in [-0.3, -0.25) is 4.79 Å². The van der Waals surface area contributed by atoms with Gasteiger partial charge in [0.2, 0.25) is 0 Å². The van der Waals surface area contributed by atoms with E-state index in [1.807, 2.05) is 30.3 Å². The van der Waals surface area contributed by atoms with Crippen LogP contribution in [0.4, 0.5) is 0 Å². The van der Waals surface area contributed by atoms with Crippen molar-refractivity contribution in [2.45, 2.75) is 12.8 Å². The fourth-order valence-corrected chi connectivity index (χ4v) is 1.42. The molecule has 0 spiro atoms. The maximum atomic E-state index is 11.0. The average Bonchev–Trinajstić information content (AvgIpc) is 2.33. The number of carbonyl (C=O) groups is 1. The molecular weight excluding hydrogens is 200 g/mol. The van der Waals surface area contributed by atoms with Gasteiger partial charge in [-0.2, -0.15) is 0 Å². The Morgan fingerprint density at radius 3 is 2.56 bits per heavy atom. The molecule has 16 heavy (non-hydrogen) atoms. The lowest BCUT2D eigenvalue weighted by molar-refractivity contribution is -0.116. The second-order valence-corrected chi connectivity index (χ2v) is 3.56. The van der Waals surface area contributed by atoms with Crippen molar-refractivity contribution >= 4 is 5.78 Å². The van der Waals surface area contributed by atoms with Crippen molar-refractivity contribution in [2.75, 3.05) is 7.11 Å². The Kier molecular flexibility index (Phi) is 3.07. The molecule has 0 saturated carbocycles. The minimum atomic E-state index is 0.226. The normalized spacial score (nSPS) is 13.3. The van der Waals surface area contributed by atoms with Crippen LogP contribution in [-0.4, -0.2) is 12.9 Å². The zero-order valence-electron chi connectivity index (χ0n) is 9.12. The molecule has 80 valence electrons. The number of ether oxygens (including phenoxy) is 1. The van der Waals surface area contributed by atoms with Gasteiger partial charge in [-0.25, -0.2) is 0 Å². The number of hydrogen-bond acceptors (Lipinski definition) is 2. The fourth-order valence-electron chi connectivity index (χ4n) is 1.42. The van der Waals surface area contributed by atoms with E-state index >= 15 is 0 Å². The largest absolute Gasteiger partial charge is 0.497 e. The Morgan fingerprint density at radius 2 is 2.06 bits per heavy atom. The number of carbonyl (C=O) groups excluding carboxylic acids is 1. The summed E-state index contributed by atoms with van der Waals surface area (Å²) in [5.41, 5.74) is 1.79. The first kappa shape index (κ1) is 10.5. The molecule has 0 fully saturated rings. The second-order valence-electron chi connectivity index (χ2n) is 3.56. The van der Waals surface area contributed by atoms with E-state index < -0.39 is 0 Å². The van der Waals surface area contributed by atoms with Crippen molar-refractivity contribution in [2.24, 2.45) is 0 Å². The molecular formula is C14H12O2. The van der Waals surface area contributed by atoms with Crippen LogP contribution in [0.1, 0.15) is 18.4 Å². The smallest absolute Gasteiger partial charge is 0.163 e. The highest BCUT2D eigenvalue weighted by atomic mass is 16.5. The van der Waals surface area contributed by atoms with Gasteiger partial charge in [0.25, 0.3) is 0 Å². The third kappa shape index (κ3) is 2.32. The van der Waals surface area contributed by atoms with Crippen LogP contribution >= 0.6 is 0 Å². The minimum absolute atomic E-state index is 0.226. The number of rotatable bonds is 2. The molecule has 0 heterocycles. The maximum absolute atomic E-state index is 11.0. The van der Waals surface area contributed by atoms with Gasteiger partial charge in [-0.15, -0.1) is 0 Å². The SMILES string of the molecule is COc1ccc(C#CCC2=CCC2=O)cc1. The van der Waals surface area contributed by atoms with Crippen molar-refractivity contribution in [1.82, 2.24) is 0 Å². The Bertz CT molecular complexity index is 484. The van der Waals surface area contributed by atoms with Crippen LogP contribution in [0.3, 0.4) is 0 Å². The lowest BCUT2D eigenvalue weighted by Gasteiger charge is -2.08. The van der Waals surface area contributed by atoms with Gasteiger partial charge >= 0.3 is 0 Å². The van der Waals surface area contributed by atoms with E-state index in [1.165, 1.54) is 0 Å². The van der Waals surface area contributed by atoms with Crippen molar-refractivity contribution < 1.29 is 9.53 Å². The molecule has 1 aliphatic carbocycles. The van der Waals surface area contributed by atoms with Crippen LogP contribution < -0.4 is 4.74 Å². The van der Waals surface area contributed by atoms with Gasteiger partial charge in [0.05, 0.1) is 7.11 Å². The molecule has 0 N–H and O–H groups in total. The molecule has 0 unspecified atom stereocenters. The Balaban J connectivity index is 1.98. The average molecular weight is 212 g/mol. The summed E-state index contributed by atoms with van der Waals surface area (Å²) in [6.07, 6.45) is 3.08. The van der Waals surface area contributed by atoms with Gasteiger partial charge in [0.1, 0.15) is 5.75 Å². The fraction of sp³-hybridized carbons (Fsp3) is 0.214. The molecule has 0 aliphatic heterocycles. The first-order chi connectivity index (χ1) is 7.79. The molecule has 0 aromatic heterocycles. The first-order valence-corrected chi connectivity index (χ1v) is 5.15. The van der Waals surface area contributed by atoms with Gasteiger partial charge in [-0.05, 0) is 24.3 Å². The molecule has 2 heteroatoms. The van der Waals surface area contributed by atoms with Crippen molar-refractivity contribution in [3.8, 4) is 17.6 Å². The van der Waals surface area contributed by atoms with Gasteiger partial charge < -0.3 is 4.74 Å². The summed E-state index contributed by atoms with van der Waals surface area (Å²) >= 11 is 0. The zero-order valence-corrected chi connectivity index (χ0v) is 9.12. The summed E-state index contributed by atoms with van der Waals surface area (Å²) in [6, 6.07) is 7.56. The molecule has 0 bridgehead atoms. The summed E-state index contributed by atoms with van der Waals surface area (Å²) in [5, 5.41) is 0. The topological polar surface area (TPSA) is 26.3 Å². The quantitative estimate of drug-likeness (QED) is 0.703. The molecule has 1 aliphatic rings. The summed E-state index contributed by atoms with van der Waals surface area (Å²) < 4.78 is 5.05. The molecule has 2 rings (SSSR count). The van der Waals surface area contributed by atoms with Gasteiger partial charge in [0, 0.05) is 24.0 Å². The molecule has 0 atom stereocenters. The van der Waals surface area contributed by atoms with E-state index in [9.17, 15) is 4.79 Å². The lowest BCUT2D eigenvalue weighted by Crippen LogP contribution is -2.09. The van der Waals surface area contributed by atoms with Crippen molar-refractivity contribution in [3.63, 3.8) is 0 Å². The first-order valence-electron chi connectivity index (χ1n) is 5.15. The number of Topliss-reactive ketones (excluding diaryl/α,β-unsaturated/α-hetero) is 1. The molecule has 1 aromatic carbocycles. The van der Waals surface area contributed by atoms with Crippen molar-refractivity contribution in [3.05, 3.63) is 41.5 Å². The Hall–Kier alpha value is -2.01. The summed E-state index contributed by atoms with van der Waals surface area (Å²) in [5.74, 6) is 7.06. The van der Waals surface area contributed by atoms with E-state index in [2.05, 4.69) is 11.8 Å². The Labute approximate surface area is 94.9 Å². The molecule has 0 saturated heterocycles. The number of allylic oxidation sites excluding steroid dienone is 2. The summed E-state index contributed by atoms with van der Waals surface area (Å²) in [7, 11) is 1.63. The van der Waals surface area contributed by atoms with E-state index in [0.717, 1.165) is 16.9 Å². The van der Waals surface area contributed by atoms with Gasteiger partial charge in [-0.1, -0.05) is 17.9 Å². The number of hydrogen-bond donors (Lipinski definition) is 0.